The first-order chi connectivity index (χ1) is 9.99. The number of ether oxygens (including phenoxy) is 2. The second kappa shape index (κ2) is 9.00. The summed E-state index contributed by atoms with van der Waals surface area (Å²) in [4.78, 5) is 24.1. The van der Waals surface area contributed by atoms with Gasteiger partial charge in [-0.15, -0.1) is 0 Å². The molecule has 1 heterocycles. The van der Waals surface area contributed by atoms with E-state index in [1.165, 1.54) is 0 Å². The summed E-state index contributed by atoms with van der Waals surface area (Å²) in [6.07, 6.45) is 3.14. The lowest BCUT2D eigenvalue weighted by Gasteiger charge is -2.24. The van der Waals surface area contributed by atoms with Crippen LogP contribution in [0.5, 0.6) is 0 Å². The van der Waals surface area contributed by atoms with Crippen LogP contribution in [0.2, 0.25) is 0 Å². The van der Waals surface area contributed by atoms with E-state index in [0.29, 0.717) is 13.0 Å². The zero-order valence-electron chi connectivity index (χ0n) is 13.3. The summed E-state index contributed by atoms with van der Waals surface area (Å²) in [5, 5.41) is 2.72. The summed E-state index contributed by atoms with van der Waals surface area (Å²) in [6.45, 7) is 6.64. The Balaban J connectivity index is 2.62. The molecule has 0 aliphatic carbocycles. The lowest BCUT2D eigenvalue weighted by molar-refractivity contribution is -0.148. The number of esters is 1. The summed E-state index contributed by atoms with van der Waals surface area (Å²) < 4.78 is 10.6. The molecule has 6 heteroatoms. The largest absolute Gasteiger partial charge is 0.464 e. The van der Waals surface area contributed by atoms with E-state index in [1.807, 2.05) is 13.8 Å². The fourth-order valence-electron chi connectivity index (χ4n) is 2.33. The van der Waals surface area contributed by atoms with E-state index >= 15 is 0 Å². The third-order valence-electron chi connectivity index (χ3n) is 3.97. The lowest BCUT2D eigenvalue weighted by Crippen LogP contribution is -2.51. The van der Waals surface area contributed by atoms with Crippen LogP contribution in [-0.2, 0) is 19.1 Å². The van der Waals surface area contributed by atoms with E-state index in [-0.39, 0.29) is 24.5 Å². The van der Waals surface area contributed by atoms with Crippen molar-refractivity contribution in [3.63, 3.8) is 0 Å². The molecule has 6 nitrogen and oxygen atoms in total. The Labute approximate surface area is 126 Å². The molecule has 0 spiro atoms. The van der Waals surface area contributed by atoms with E-state index in [4.69, 9.17) is 15.2 Å². The molecule has 0 radical (unpaired) electrons. The third kappa shape index (κ3) is 5.63. The molecular weight excluding hydrogens is 272 g/mol. The van der Waals surface area contributed by atoms with Gasteiger partial charge in [-0.05, 0) is 25.7 Å². The van der Waals surface area contributed by atoms with Gasteiger partial charge in [-0.3, -0.25) is 4.79 Å². The van der Waals surface area contributed by atoms with E-state index in [2.05, 4.69) is 5.32 Å². The molecule has 21 heavy (non-hydrogen) atoms. The summed E-state index contributed by atoms with van der Waals surface area (Å²) >= 11 is 0. The fourth-order valence-corrected chi connectivity index (χ4v) is 2.33. The van der Waals surface area contributed by atoms with Crippen LogP contribution in [0, 0.1) is 5.92 Å². The van der Waals surface area contributed by atoms with Crippen LogP contribution in [0.4, 0.5) is 0 Å². The molecular formula is C15H28N2O4. The number of rotatable bonds is 8. The minimum Gasteiger partial charge on any atom is -0.464 e. The van der Waals surface area contributed by atoms with Crippen molar-refractivity contribution in [1.29, 1.82) is 0 Å². The van der Waals surface area contributed by atoms with Crippen LogP contribution < -0.4 is 11.1 Å². The zero-order valence-corrected chi connectivity index (χ0v) is 13.3. The molecule has 122 valence electrons. The molecule has 1 aliphatic heterocycles. The molecule has 1 rings (SSSR count). The number of nitrogens with two attached hydrogens (primary N) is 1. The average molecular weight is 300 g/mol. The van der Waals surface area contributed by atoms with Gasteiger partial charge in [0, 0.05) is 13.0 Å². The van der Waals surface area contributed by atoms with Gasteiger partial charge in [-0.1, -0.05) is 20.3 Å². The second-order valence-electron chi connectivity index (χ2n) is 5.60. The molecule has 0 bridgehead atoms. The molecule has 1 fully saturated rings. The van der Waals surface area contributed by atoms with Gasteiger partial charge in [0.05, 0.1) is 18.8 Å². The Morgan fingerprint density at radius 2 is 2.14 bits per heavy atom. The molecule has 4 atom stereocenters. The molecule has 3 N–H and O–H groups in total. The molecule has 1 saturated heterocycles. The van der Waals surface area contributed by atoms with Crippen LogP contribution in [0.25, 0.3) is 0 Å². The quantitative estimate of drug-likeness (QED) is 0.652. The smallest absolute Gasteiger partial charge is 0.328 e. The van der Waals surface area contributed by atoms with Crippen LogP contribution >= 0.6 is 0 Å². The van der Waals surface area contributed by atoms with Gasteiger partial charge in [0.15, 0.2) is 0 Å². The Hall–Kier alpha value is -1.14. The minimum absolute atomic E-state index is 0.000436. The van der Waals surface area contributed by atoms with E-state index < -0.39 is 18.1 Å². The summed E-state index contributed by atoms with van der Waals surface area (Å²) in [5.41, 5.74) is 5.91. The lowest BCUT2D eigenvalue weighted by atomic mass is 9.98. The first-order valence-electron chi connectivity index (χ1n) is 7.83. The predicted octanol–water partition coefficient (Wildman–Crippen LogP) is 0.977. The zero-order chi connectivity index (χ0) is 15.8. The molecule has 0 saturated carbocycles. The topological polar surface area (TPSA) is 90.6 Å². The van der Waals surface area contributed by atoms with Crippen molar-refractivity contribution < 1.29 is 19.1 Å². The molecule has 1 aliphatic rings. The molecule has 0 aromatic rings. The van der Waals surface area contributed by atoms with Crippen molar-refractivity contribution in [1.82, 2.24) is 5.32 Å². The number of amides is 1. The molecule has 1 amide bonds. The SMILES string of the molecule is CCOC(=O)[C@H](C[C@H]1CCCO1)NC(=O)[C@@H](N)C(C)CC. The molecule has 1 unspecified atom stereocenters. The number of hydrogen-bond acceptors (Lipinski definition) is 5. The Morgan fingerprint density at radius 1 is 1.43 bits per heavy atom. The summed E-state index contributed by atoms with van der Waals surface area (Å²) in [6, 6.07) is -1.30. The highest BCUT2D eigenvalue weighted by atomic mass is 16.5. The number of nitrogens with one attached hydrogen (secondary N) is 1. The Bertz CT molecular complexity index is 343. The number of carbonyl (C=O) groups excluding carboxylic acids is 2. The van der Waals surface area contributed by atoms with Gasteiger partial charge in [0.1, 0.15) is 6.04 Å². The van der Waals surface area contributed by atoms with Crippen molar-refractivity contribution in [2.75, 3.05) is 13.2 Å². The normalized spacial score (nSPS) is 22.4. The summed E-state index contributed by atoms with van der Waals surface area (Å²) in [7, 11) is 0. The summed E-state index contributed by atoms with van der Waals surface area (Å²) in [5.74, 6) is -0.659. The van der Waals surface area contributed by atoms with E-state index in [0.717, 1.165) is 19.3 Å². The van der Waals surface area contributed by atoms with Gasteiger partial charge in [-0.2, -0.15) is 0 Å². The highest BCUT2D eigenvalue weighted by Crippen LogP contribution is 2.18. The maximum absolute atomic E-state index is 12.2. The van der Waals surface area contributed by atoms with Crippen molar-refractivity contribution in [2.45, 2.75) is 64.6 Å². The predicted molar refractivity (Wildman–Crippen MR) is 79.6 cm³/mol. The highest BCUT2D eigenvalue weighted by molar-refractivity contribution is 5.87. The minimum atomic E-state index is -0.685. The third-order valence-corrected chi connectivity index (χ3v) is 3.97. The van der Waals surface area contributed by atoms with Crippen molar-refractivity contribution in [2.24, 2.45) is 11.7 Å². The van der Waals surface area contributed by atoms with Crippen LogP contribution in [0.1, 0.15) is 46.5 Å². The molecule has 0 aromatic carbocycles. The van der Waals surface area contributed by atoms with Crippen LogP contribution in [0.15, 0.2) is 0 Å². The van der Waals surface area contributed by atoms with Gasteiger partial charge in [0.25, 0.3) is 0 Å². The average Bonchev–Trinajstić information content (AvgIpc) is 2.98. The van der Waals surface area contributed by atoms with E-state index in [9.17, 15) is 9.59 Å². The van der Waals surface area contributed by atoms with Crippen LogP contribution in [-0.4, -0.2) is 43.3 Å². The molecule has 0 aromatic heterocycles. The monoisotopic (exact) mass is 300 g/mol. The van der Waals surface area contributed by atoms with E-state index in [1.54, 1.807) is 6.92 Å². The highest BCUT2D eigenvalue weighted by Gasteiger charge is 2.30. The van der Waals surface area contributed by atoms with Gasteiger partial charge < -0.3 is 20.5 Å². The van der Waals surface area contributed by atoms with Crippen molar-refractivity contribution in [3.05, 3.63) is 0 Å². The Morgan fingerprint density at radius 3 is 2.67 bits per heavy atom. The Kier molecular flexibility index (Phi) is 7.67. The standard InChI is InChI=1S/C15H28N2O4/c1-4-10(3)13(16)14(18)17-12(15(19)20-5-2)9-11-7-6-8-21-11/h10-13H,4-9,16H2,1-3H3,(H,17,18)/t10?,11-,12+,13+/m1/s1. The maximum atomic E-state index is 12.2. The maximum Gasteiger partial charge on any atom is 0.328 e. The number of carbonyl (C=O) groups is 2. The first-order valence-corrected chi connectivity index (χ1v) is 7.83. The van der Waals surface area contributed by atoms with Crippen LogP contribution in [0.3, 0.4) is 0 Å². The van der Waals surface area contributed by atoms with Gasteiger partial charge in [0.2, 0.25) is 5.91 Å². The van der Waals surface area contributed by atoms with Crippen molar-refractivity contribution >= 4 is 11.9 Å². The van der Waals surface area contributed by atoms with Gasteiger partial charge in [-0.25, -0.2) is 4.79 Å². The number of hydrogen-bond donors (Lipinski definition) is 2. The first kappa shape index (κ1) is 17.9. The van der Waals surface area contributed by atoms with Crippen molar-refractivity contribution in [3.8, 4) is 0 Å². The fraction of sp³-hybridized carbons (Fsp3) is 0.867. The second-order valence-corrected chi connectivity index (χ2v) is 5.60. The van der Waals surface area contributed by atoms with Gasteiger partial charge >= 0.3 is 5.97 Å².